The molecule has 0 aliphatic carbocycles. The van der Waals surface area contributed by atoms with Crippen molar-refractivity contribution in [3.8, 4) is 11.5 Å². The molecule has 32 heavy (non-hydrogen) atoms. The average Bonchev–Trinajstić information content (AvgIpc) is 2.74. The number of sulfone groups is 1. The van der Waals surface area contributed by atoms with Gasteiger partial charge in [-0.15, -0.1) is 0 Å². The molecule has 9 heteroatoms. The van der Waals surface area contributed by atoms with E-state index in [1.54, 1.807) is 35.2 Å². The van der Waals surface area contributed by atoms with E-state index in [-0.39, 0.29) is 16.6 Å². The number of alkyl halides is 3. The van der Waals surface area contributed by atoms with Crippen LogP contribution in [-0.2, 0) is 22.4 Å². The highest BCUT2D eigenvalue weighted by atomic mass is 32.2. The molecule has 1 aliphatic heterocycles. The lowest BCUT2D eigenvalue weighted by Crippen LogP contribution is -2.37. The van der Waals surface area contributed by atoms with Gasteiger partial charge in [0.05, 0.1) is 10.5 Å². The Kier molecular flexibility index (Phi) is 5.46. The molecule has 1 heterocycles. The number of carbonyl (C=O) groups is 1. The number of benzene rings is 3. The van der Waals surface area contributed by atoms with Crippen LogP contribution in [0.2, 0.25) is 0 Å². The average molecular weight is 461 g/mol. The van der Waals surface area contributed by atoms with E-state index in [9.17, 15) is 26.4 Å². The van der Waals surface area contributed by atoms with Gasteiger partial charge in [-0.3, -0.25) is 4.79 Å². The smallest absolute Gasteiger partial charge is 0.416 e. The normalized spacial score (nSPS) is 14.2. The summed E-state index contributed by atoms with van der Waals surface area (Å²) in [5.41, 5.74) is 0.893. The van der Waals surface area contributed by atoms with Crippen molar-refractivity contribution < 1.29 is 31.1 Å². The third-order valence-electron chi connectivity index (χ3n) is 5.18. The van der Waals surface area contributed by atoms with E-state index in [2.05, 4.69) is 0 Å². The molecule has 0 fully saturated rings. The van der Waals surface area contributed by atoms with Crippen molar-refractivity contribution in [2.75, 3.05) is 17.7 Å². The maximum atomic E-state index is 13.1. The topological polar surface area (TPSA) is 63.7 Å². The first kappa shape index (κ1) is 21.9. The van der Waals surface area contributed by atoms with Gasteiger partial charge in [0, 0.05) is 29.6 Å². The summed E-state index contributed by atoms with van der Waals surface area (Å²) < 4.78 is 67.4. The van der Waals surface area contributed by atoms with Gasteiger partial charge in [0.25, 0.3) is 5.91 Å². The summed E-state index contributed by atoms with van der Waals surface area (Å²) in [6, 6.07) is 15.4. The molecule has 0 spiro atoms. The van der Waals surface area contributed by atoms with Gasteiger partial charge in [0.2, 0.25) is 0 Å². The maximum absolute atomic E-state index is 13.1. The van der Waals surface area contributed by atoms with Gasteiger partial charge in [-0.2, -0.15) is 13.2 Å². The number of rotatable bonds is 4. The maximum Gasteiger partial charge on any atom is 0.416 e. The van der Waals surface area contributed by atoms with Crippen LogP contribution in [0.15, 0.2) is 71.6 Å². The van der Waals surface area contributed by atoms with Gasteiger partial charge in [0.15, 0.2) is 9.84 Å². The summed E-state index contributed by atoms with van der Waals surface area (Å²) in [4.78, 5) is 14.8. The van der Waals surface area contributed by atoms with Gasteiger partial charge in [-0.05, 0) is 67.1 Å². The Bertz CT molecular complexity index is 1270. The Hall–Kier alpha value is -3.33. The number of amides is 1. The van der Waals surface area contributed by atoms with Crippen LogP contribution >= 0.6 is 0 Å². The molecule has 0 unspecified atom stereocenters. The Morgan fingerprint density at radius 3 is 2.19 bits per heavy atom. The highest BCUT2D eigenvalue weighted by Gasteiger charge is 2.31. The van der Waals surface area contributed by atoms with Gasteiger partial charge in [-0.25, -0.2) is 8.42 Å². The number of anilines is 1. The van der Waals surface area contributed by atoms with Crippen molar-refractivity contribution in [3.05, 3.63) is 83.4 Å². The molecule has 3 aromatic carbocycles. The zero-order valence-corrected chi connectivity index (χ0v) is 17.7. The van der Waals surface area contributed by atoms with E-state index in [1.165, 1.54) is 24.3 Å². The summed E-state index contributed by atoms with van der Waals surface area (Å²) in [6.07, 6.45) is -2.85. The number of carbonyl (C=O) groups excluding carboxylic acids is 1. The van der Waals surface area contributed by atoms with Crippen LogP contribution in [0.1, 0.15) is 21.5 Å². The molecule has 1 aliphatic rings. The van der Waals surface area contributed by atoms with E-state index in [1.807, 2.05) is 0 Å². The second-order valence-electron chi connectivity index (χ2n) is 7.38. The van der Waals surface area contributed by atoms with E-state index in [0.717, 1.165) is 18.4 Å². The van der Waals surface area contributed by atoms with Crippen LogP contribution in [0, 0.1) is 0 Å². The largest absolute Gasteiger partial charge is 0.457 e. The summed E-state index contributed by atoms with van der Waals surface area (Å²) in [5.74, 6) is 0.372. The number of ether oxygens (including phenoxy) is 1. The fourth-order valence-electron chi connectivity index (χ4n) is 3.55. The highest BCUT2D eigenvalue weighted by Crippen LogP contribution is 2.35. The predicted molar refractivity (Wildman–Crippen MR) is 113 cm³/mol. The van der Waals surface area contributed by atoms with Crippen molar-refractivity contribution in [1.82, 2.24) is 0 Å². The minimum Gasteiger partial charge on any atom is -0.457 e. The molecule has 0 atom stereocenters. The van der Waals surface area contributed by atoms with Crippen molar-refractivity contribution in [3.63, 3.8) is 0 Å². The quantitative estimate of drug-likeness (QED) is 0.542. The second kappa shape index (κ2) is 7.98. The van der Waals surface area contributed by atoms with Crippen molar-refractivity contribution in [1.29, 1.82) is 0 Å². The third kappa shape index (κ3) is 4.34. The van der Waals surface area contributed by atoms with Crippen LogP contribution < -0.4 is 9.64 Å². The molecule has 3 aromatic rings. The van der Waals surface area contributed by atoms with Crippen LogP contribution in [-0.4, -0.2) is 27.1 Å². The molecule has 0 aromatic heterocycles. The van der Waals surface area contributed by atoms with Crippen molar-refractivity contribution in [2.45, 2.75) is 17.5 Å². The highest BCUT2D eigenvalue weighted by molar-refractivity contribution is 7.90. The molecule has 0 bridgehead atoms. The molecule has 166 valence electrons. The summed E-state index contributed by atoms with van der Waals surface area (Å²) in [7, 11) is -3.34. The van der Waals surface area contributed by atoms with Gasteiger partial charge >= 0.3 is 6.18 Å². The first-order chi connectivity index (χ1) is 15.0. The predicted octanol–water partition coefficient (Wildman–Crippen LogP) is 5.10. The molecule has 0 N–H and O–H groups in total. The minimum atomic E-state index is -4.43. The van der Waals surface area contributed by atoms with Crippen LogP contribution in [0.5, 0.6) is 11.5 Å². The second-order valence-corrected chi connectivity index (χ2v) is 9.40. The number of nitrogens with zero attached hydrogens (tertiary/aromatic N) is 1. The third-order valence-corrected chi connectivity index (χ3v) is 6.31. The van der Waals surface area contributed by atoms with E-state index < -0.39 is 21.6 Å². The van der Waals surface area contributed by atoms with E-state index in [4.69, 9.17) is 4.74 Å². The molecule has 4 rings (SSSR count). The number of hydrogen-bond acceptors (Lipinski definition) is 4. The van der Waals surface area contributed by atoms with Crippen molar-refractivity contribution >= 4 is 21.4 Å². The van der Waals surface area contributed by atoms with Crippen LogP contribution in [0.4, 0.5) is 18.9 Å². The van der Waals surface area contributed by atoms with E-state index in [0.29, 0.717) is 35.5 Å². The zero-order valence-electron chi connectivity index (χ0n) is 16.9. The lowest BCUT2D eigenvalue weighted by atomic mass is 9.97. The first-order valence-corrected chi connectivity index (χ1v) is 11.5. The molecular weight excluding hydrogens is 443 g/mol. The molecule has 0 radical (unpaired) electrons. The fraction of sp³-hybridized carbons (Fsp3) is 0.174. The standard InChI is InChI=1S/C23H18F3NO4S/c1-32(29,30)18-11-7-16(8-12-18)27-14-13-19-20(22(27)28)3-2-4-21(19)31-17-9-5-15(6-10-17)23(24,25)26/h2-12H,13-14H2,1H3. The lowest BCUT2D eigenvalue weighted by molar-refractivity contribution is -0.137. The van der Waals surface area contributed by atoms with Gasteiger partial charge in [0.1, 0.15) is 11.5 Å². The van der Waals surface area contributed by atoms with Gasteiger partial charge < -0.3 is 9.64 Å². The van der Waals surface area contributed by atoms with Crippen molar-refractivity contribution in [2.24, 2.45) is 0 Å². The fourth-order valence-corrected chi connectivity index (χ4v) is 4.18. The summed E-state index contributed by atoms with van der Waals surface area (Å²) in [5, 5.41) is 0. The lowest BCUT2D eigenvalue weighted by Gasteiger charge is -2.29. The molecular formula is C23H18F3NO4S. The zero-order chi connectivity index (χ0) is 23.1. The molecule has 0 saturated heterocycles. The van der Waals surface area contributed by atoms with Crippen LogP contribution in [0.3, 0.4) is 0 Å². The number of fused-ring (bicyclic) bond motifs is 1. The summed E-state index contributed by atoms with van der Waals surface area (Å²) in [6.45, 7) is 0.345. The Balaban J connectivity index is 1.58. The van der Waals surface area contributed by atoms with Gasteiger partial charge in [-0.1, -0.05) is 6.07 Å². The molecule has 1 amide bonds. The Labute approximate surface area is 183 Å². The molecule has 5 nitrogen and oxygen atoms in total. The summed E-state index contributed by atoms with van der Waals surface area (Å²) >= 11 is 0. The number of hydrogen-bond donors (Lipinski definition) is 0. The Morgan fingerprint density at radius 2 is 1.59 bits per heavy atom. The van der Waals surface area contributed by atoms with Crippen LogP contribution in [0.25, 0.3) is 0 Å². The Morgan fingerprint density at radius 1 is 0.938 bits per heavy atom. The first-order valence-electron chi connectivity index (χ1n) is 9.63. The number of halogens is 3. The monoisotopic (exact) mass is 461 g/mol. The minimum absolute atomic E-state index is 0.165. The molecule has 0 saturated carbocycles. The van der Waals surface area contributed by atoms with E-state index >= 15 is 0 Å². The SMILES string of the molecule is CS(=O)(=O)c1ccc(N2CCc3c(Oc4ccc(C(F)(F)F)cc4)cccc3C2=O)cc1.